The summed E-state index contributed by atoms with van der Waals surface area (Å²) in [6.45, 7) is 3.66. The highest BCUT2D eigenvalue weighted by Gasteiger charge is 2.13. The van der Waals surface area contributed by atoms with Crippen LogP contribution in [0.15, 0.2) is 23.0 Å². The summed E-state index contributed by atoms with van der Waals surface area (Å²) in [4.78, 5) is 2.24. The number of thiophene rings is 1. The number of nitrogens with one attached hydrogen (secondary N) is 1. The number of likely N-dealkylation sites (N-methyl/N-ethyl adjacent to an activating group) is 1. The molecule has 0 bridgehead atoms. The zero-order valence-electron chi connectivity index (χ0n) is 10.6. The number of aromatic nitrogens is 2. The zero-order chi connectivity index (χ0) is 12.3. The Labute approximate surface area is 118 Å². The lowest BCUT2D eigenvalue weighted by molar-refractivity contribution is 0.255. The van der Waals surface area contributed by atoms with Crippen LogP contribution in [0.25, 0.3) is 11.3 Å². The van der Waals surface area contributed by atoms with E-state index in [4.69, 9.17) is 5.73 Å². The van der Waals surface area contributed by atoms with Gasteiger partial charge in [-0.3, -0.25) is 10.00 Å². The summed E-state index contributed by atoms with van der Waals surface area (Å²) in [5.74, 6) is 0. The predicted octanol–water partition coefficient (Wildman–Crippen LogP) is 2.34. The summed E-state index contributed by atoms with van der Waals surface area (Å²) in [7, 11) is 2.09. The largest absolute Gasteiger partial charge is 0.329 e. The van der Waals surface area contributed by atoms with E-state index in [1.54, 1.807) is 11.3 Å². The molecule has 0 spiro atoms. The van der Waals surface area contributed by atoms with E-state index in [-0.39, 0.29) is 12.4 Å². The van der Waals surface area contributed by atoms with E-state index in [2.05, 4.69) is 45.9 Å². The van der Waals surface area contributed by atoms with Crippen LogP contribution in [0.4, 0.5) is 0 Å². The van der Waals surface area contributed by atoms with Crippen LogP contribution < -0.4 is 5.73 Å². The fourth-order valence-corrected chi connectivity index (χ4v) is 2.34. The molecule has 0 saturated carbocycles. The van der Waals surface area contributed by atoms with Crippen LogP contribution in [0.1, 0.15) is 12.5 Å². The maximum atomic E-state index is 5.67. The zero-order valence-corrected chi connectivity index (χ0v) is 12.2. The molecule has 100 valence electrons. The van der Waals surface area contributed by atoms with Crippen LogP contribution in [0.5, 0.6) is 0 Å². The second-order valence-electron chi connectivity index (χ2n) is 4.28. The van der Waals surface area contributed by atoms with Crippen LogP contribution in [0.3, 0.4) is 0 Å². The Hall–Kier alpha value is -0.880. The van der Waals surface area contributed by atoms with Crippen molar-refractivity contribution >= 4 is 23.7 Å². The first-order valence-corrected chi connectivity index (χ1v) is 6.61. The number of nitrogens with zero attached hydrogens (tertiary/aromatic N) is 2. The third kappa shape index (κ3) is 3.32. The van der Waals surface area contributed by atoms with Gasteiger partial charge in [-0.1, -0.05) is 0 Å². The molecule has 0 aliphatic carbocycles. The number of H-pyrrole nitrogens is 1. The first kappa shape index (κ1) is 15.2. The van der Waals surface area contributed by atoms with E-state index in [0.29, 0.717) is 12.6 Å². The maximum absolute atomic E-state index is 5.67. The van der Waals surface area contributed by atoms with Crippen molar-refractivity contribution in [3.05, 3.63) is 28.6 Å². The fraction of sp³-hybridized carbons (Fsp3) is 0.417. The second-order valence-corrected chi connectivity index (χ2v) is 5.06. The highest BCUT2D eigenvalue weighted by Crippen LogP contribution is 2.24. The van der Waals surface area contributed by atoms with E-state index < -0.39 is 0 Å². The van der Waals surface area contributed by atoms with Gasteiger partial charge in [0.25, 0.3) is 0 Å². The molecule has 2 aromatic rings. The molecule has 4 nitrogen and oxygen atoms in total. The van der Waals surface area contributed by atoms with Crippen molar-refractivity contribution in [2.75, 3.05) is 13.6 Å². The molecular weight excluding hydrogens is 268 g/mol. The van der Waals surface area contributed by atoms with Gasteiger partial charge in [0.2, 0.25) is 0 Å². The second kappa shape index (κ2) is 6.89. The normalized spacial score (nSPS) is 12.4. The number of halogens is 1. The van der Waals surface area contributed by atoms with E-state index in [1.807, 2.05) is 6.20 Å². The first-order chi connectivity index (χ1) is 8.22. The van der Waals surface area contributed by atoms with Crippen molar-refractivity contribution in [3.63, 3.8) is 0 Å². The van der Waals surface area contributed by atoms with Gasteiger partial charge in [0, 0.05) is 35.6 Å². The SMILES string of the molecule is CC(CN)N(C)Cc1cn[nH]c1-c1ccsc1.Cl. The quantitative estimate of drug-likeness (QED) is 0.887. The lowest BCUT2D eigenvalue weighted by atomic mass is 10.1. The number of nitrogens with two attached hydrogens (primary N) is 1. The Morgan fingerprint density at radius 2 is 2.33 bits per heavy atom. The summed E-state index contributed by atoms with van der Waals surface area (Å²) in [6, 6.07) is 2.48. The predicted molar refractivity (Wildman–Crippen MR) is 79.1 cm³/mol. The Morgan fingerprint density at radius 1 is 1.56 bits per heavy atom. The lowest BCUT2D eigenvalue weighted by Gasteiger charge is -2.22. The van der Waals surface area contributed by atoms with Gasteiger partial charge < -0.3 is 5.73 Å². The van der Waals surface area contributed by atoms with E-state index in [0.717, 1.165) is 12.2 Å². The Morgan fingerprint density at radius 3 is 2.94 bits per heavy atom. The van der Waals surface area contributed by atoms with Crippen molar-refractivity contribution < 1.29 is 0 Å². The minimum Gasteiger partial charge on any atom is -0.329 e. The molecule has 1 atom stereocenters. The van der Waals surface area contributed by atoms with Crippen LogP contribution in [-0.2, 0) is 6.54 Å². The van der Waals surface area contributed by atoms with Gasteiger partial charge in [-0.05, 0) is 25.4 Å². The van der Waals surface area contributed by atoms with E-state index in [1.165, 1.54) is 11.1 Å². The summed E-state index contributed by atoms with van der Waals surface area (Å²) < 4.78 is 0. The highest BCUT2D eigenvalue weighted by atomic mass is 35.5. The molecule has 1 unspecified atom stereocenters. The van der Waals surface area contributed by atoms with Gasteiger partial charge in [0.15, 0.2) is 0 Å². The highest BCUT2D eigenvalue weighted by molar-refractivity contribution is 7.08. The standard InChI is InChI=1S/C12H18N4S.ClH/c1-9(5-13)16(2)7-11-6-14-15-12(11)10-3-4-17-8-10;/h3-4,6,8-9H,5,7,13H2,1-2H3,(H,14,15);1H. The summed E-state index contributed by atoms with van der Waals surface area (Å²) in [6.07, 6.45) is 1.90. The van der Waals surface area contributed by atoms with Gasteiger partial charge in [0.1, 0.15) is 0 Å². The third-order valence-corrected chi connectivity index (χ3v) is 3.72. The summed E-state index contributed by atoms with van der Waals surface area (Å²) in [5, 5.41) is 11.4. The molecule has 0 aliphatic rings. The molecule has 0 aromatic carbocycles. The molecule has 6 heteroatoms. The summed E-state index contributed by atoms with van der Waals surface area (Å²) in [5.41, 5.74) is 9.20. The van der Waals surface area contributed by atoms with Crippen LogP contribution in [0, 0.1) is 0 Å². The van der Waals surface area contributed by atoms with Gasteiger partial charge in [-0.25, -0.2) is 0 Å². The minimum absolute atomic E-state index is 0. The Bertz CT molecular complexity index is 454. The number of rotatable bonds is 5. The van der Waals surface area contributed by atoms with Crippen molar-refractivity contribution in [1.82, 2.24) is 15.1 Å². The number of aromatic amines is 1. The van der Waals surface area contributed by atoms with Gasteiger partial charge in [-0.2, -0.15) is 16.4 Å². The molecule has 0 saturated heterocycles. The molecule has 3 N–H and O–H groups in total. The Kier molecular flexibility index (Phi) is 5.81. The van der Waals surface area contributed by atoms with Gasteiger partial charge >= 0.3 is 0 Å². The van der Waals surface area contributed by atoms with Crippen LogP contribution >= 0.6 is 23.7 Å². The van der Waals surface area contributed by atoms with Gasteiger partial charge in [-0.15, -0.1) is 12.4 Å². The van der Waals surface area contributed by atoms with Crippen molar-refractivity contribution in [2.45, 2.75) is 19.5 Å². The van der Waals surface area contributed by atoms with Crippen molar-refractivity contribution in [3.8, 4) is 11.3 Å². The molecule has 0 fully saturated rings. The molecule has 0 radical (unpaired) electrons. The fourth-order valence-electron chi connectivity index (χ4n) is 1.69. The van der Waals surface area contributed by atoms with Gasteiger partial charge in [0.05, 0.1) is 11.9 Å². The molecule has 0 amide bonds. The minimum atomic E-state index is 0. The van der Waals surface area contributed by atoms with E-state index in [9.17, 15) is 0 Å². The smallest absolute Gasteiger partial charge is 0.0703 e. The average molecular weight is 287 g/mol. The molecule has 2 aromatic heterocycles. The van der Waals surface area contributed by atoms with Crippen molar-refractivity contribution in [1.29, 1.82) is 0 Å². The first-order valence-electron chi connectivity index (χ1n) is 5.67. The lowest BCUT2D eigenvalue weighted by Crippen LogP contribution is -2.34. The number of hydrogen-bond acceptors (Lipinski definition) is 4. The summed E-state index contributed by atoms with van der Waals surface area (Å²) >= 11 is 1.69. The Balaban J connectivity index is 0.00000162. The monoisotopic (exact) mass is 286 g/mol. The van der Waals surface area contributed by atoms with Crippen molar-refractivity contribution in [2.24, 2.45) is 5.73 Å². The molecular formula is C12H19ClN4S. The molecule has 18 heavy (non-hydrogen) atoms. The van der Waals surface area contributed by atoms with Crippen LogP contribution in [0.2, 0.25) is 0 Å². The number of hydrogen-bond donors (Lipinski definition) is 2. The average Bonchev–Trinajstić information content (AvgIpc) is 2.97. The molecule has 2 rings (SSSR count). The molecule has 2 heterocycles. The van der Waals surface area contributed by atoms with E-state index >= 15 is 0 Å². The molecule has 0 aliphatic heterocycles. The maximum Gasteiger partial charge on any atom is 0.0703 e. The third-order valence-electron chi connectivity index (χ3n) is 3.04. The topological polar surface area (TPSA) is 57.9 Å². The van der Waals surface area contributed by atoms with Crippen LogP contribution in [-0.4, -0.2) is 34.7 Å².